The molecule has 2 saturated carbocycles. The highest BCUT2D eigenvalue weighted by molar-refractivity contribution is 5.80. The van der Waals surface area contributed by atoms with Crippen molar-refractivity contribution in [3.63, 3.8) is 0 Å². The lowest BCUT2D eigenvalue weighted by Crippen LogP contribution is -2.47. The van der Waals surface area contributed by atoms with Crippen LogP contribution in [0.3, 0.4) is 0 Å². The summed E-state index contributed by atoms with van der Waals surface area (Å²) in [7, 11) is 0. The van der Waals surface area contributed by atoms with Crippen molar-refractivity contribution < 1.29 is 9.59 Å². The first-order chi connectivity index (χ1) is 12.2. The van der Waals surface area contributed by atoms with E-state index in [1.165, 1.54) is 12.8 Å². The Labute approximate surface area is 151 Å². The predicted molar refractivity (Wildman–Crippen MR) is 98.2 cm³/mol. The first-order valence-electron chi connectivity index (χ1n) is 10.2. The summed E-state index contributed by atoms with van der Waals surface area (Å²) in [6, 6.07) is 0.276. The molecule has 3 aliphatic rings. The highest BCUT2D eigenvalue weighted by Gasteiger charge is 2.29. The van der Waals surface area contributed by atoms with E-state index < -0.39 is 0 Å². The highest BCUT2D eigenvalue weighted by Crippen LogP contribution is 2.27. The Balaban J connectivity index is 1.29. The Morgan fingerprint density at radius 2 is 1.52 bits per heavy atom. The summed E-state index contributed by atoms with van der Waals surface area (Å²) in [6.45, 7) is 5.93. The maximum Gasteiger partial charge on any atom is 0.223 e. The van der Waals surface area contributed by atoms with Crippen molar-refractivity contribution in [1.82, 2.24) is 20.9 Å². The molecule has 1 saturated heterocycles. The molecule has 2 amide bonds. The Morgan fingerprint density at radius 1 is 0.880 bits per heavy atom. The molecule has 0 spiro atoms. The monoisotopic (exact) mass is 350 g/mol. The van der Waals surface area contributed by atoms with Gasteiger partial charge in [0, 0.05) is 57.1 Å². The van der Waals surface area contributed by atoms with Crippen molar-refractivity contribution in [3.8, 4) is 0 Å². The Bertz CT molecular complexity index is 437. The van der Waals surface area contributed by atoms with Gasteiger partial charge in [-0.15, -0.1) is 0 Å². The van der Waals surface area contributed by atoms with Crippen LogP contribution < -0.4 is 16.0 Å². The van der Waals surface area contributed by atoms with Crippen molar-refractivity contribution >= 4 is 11.8 Å². The van der Waals surface area contributed by atoms with Crippen LogP contribution in [-0.4, -0.2) is 62.0 Å². The van der Waals surface area contributed by atoms with Gasteiger partial charge in [0.2, 0.25) is 11.8 Å². The lowest BCUT2D eigenvalue weighted by atomic mass is 9.85. The number of piperazine rings is 1. The average molecular weight is 351 g/mol. The van der Waals surface area contributed by atoms with Crippen LogP contribution in [0.15, 0.2) is 0 Å². The van der Waals surface area contributed by atoms with E-state index in [-0.39, 0.29) is 29.7 Å². The molecule has 3 rings (SSSR count). The third kappa shape index (κ3) is 5.68. The zero-order valence-electron chi connectivity index (χ0n) is 15.4. The molecule has 3 N–H and O–H groups in total. The summed E-state index contributed by atoms with van der Waals surface area (Å²) < 4.78 is 0. The zero-order chi connectivity index (χ0) is 17.5. The largest absolute Gasteiger partial charge is 0.355 e. The third-order valence-electron chi connectivity index (χ3n) is 6.11. The van der Waals surface area contributed by atoms with Crippen LogP contribution in [-0.2, 0) is 9.59 Å². The fraction of sp³-hybridized carbons (Fsp3) is 0.895. The van der Waals surface area contributed by atoms with E-state index in [4.69, 9.17) is 0 Å². The molecule has 0 aromatic rings. The van der Waals surface area contributed by atoms with Crippen LogP contribution >= 0.6 is 0 Å². The maximum atomic E-state index is 12.3. The van der Waals surface area contributed by atoms with Gasteiger partial charge in [-0.3, -0.25) is 14.5 Å². The molecule has 25 heavy (non-hydrogen) atoms. The zero-order valence-corrected chi connectivity index (χ0v) is 15.4. The molecule has 1 aliphatic heterocycles. The minimum atomic E-state index is 0.127. The summed E-state index contributed by atoms with van der Waals surface area (Å²) in [6.07, 6.45) is 8.16. The Hall–Kier alpha value is -1.14. The van der Waals surface area contributed by atoms with Gasteiger partial charge < -0.3 is 16.0 Å². The molecule has 6 nitrogen and oxygen atoms in total. The fourth-order valence-corrected chi connectivity index (χ4v) is 4.42. The quantitative estimate of drug-likeness (QED) is 0.665. The fourth-order valence-electron chi connectivity index (χ4n) is 4.42. The predicted octanol–water partition coefficient (Wildman–Crippen LogP) is 0.873. The number of nitrogens with zero attached hydrogens (tertiary/aromatic N) is 1. The van der Waals surface area contributed by atoms with Crippen LogP contribution in [0.5, 0.6) is 0 Å². The van der Waals surface area contributed by atoms with Crippen LogP contribution in [0.4, 0.5) is 0 Å². The number of nitrogens with one attached hydrogen (secondary N) is 3. The van der Waals surface area contributed by atoms with Crippen molar-refractivity contribution in [2.75, 3.05) is 39.3 Å². The van der Waals surface area contributed by atoms with Crippen molar-refractivity contribution in [2.24, 2.45) is 11.8 Å². The first kappa shape index (κ1) is 18.6. The second kappa shape index (κ2) is 9.53. The minimum Gasteiger partial charge on any atom is -0.355 e. The minimum absolute atomic E-state index is 0.127. The molecule has 2 aliphatic carbocycles. The SMILES string of the molecule is O=C(NCCN1CCNCC1)C1CCC(NC(=O)C2CCCC2)CC1. The molecule has 0 unspecified atom stereocenters. The number of hydrogen-bond acceptors (Lipinski definition) is 4. The highest BCUT2D eigenvalue weighted by atomic mass is 16.2. The third-order valence-corrected chi connectivity index (χ3v) is 6.11. The average Bonchev–Trinajstić information content (AvgIpc) is 3.18. The summed E-state index contributed by atoms with van der Waals surface area (Å²) >= 11 is 0. The Kier molecular flexibility index (Phi) is 7.11. The van der Waals surface area contributed by atoms with Gasteiger partial charge in [0.1, 0.15) is 0 Å². The van der Waals surface area contributed by atoms with Crippen LogP contribution in [0.1, 0.15) is 51.4 Å². The molecule has 6 heteroatoms. The van der Waals surface area contributed by atoms with Crippen molar-refractivity contribution in [2.45, 2.75) is 57.4 Å². The van der Waals surface area contributed by atoms with Gasteiger partial charge in [-0.1, -0.05) is 12.8 Å². The molecular formula is C19H34N4O2. The molecule has 142 valence electrons. The lowest BCUT2D eigenvalue weighted by Gasteiger charge is -2.30. The summed E-state index contributed by atoms with van der Waals surface area (Å²) in [5.74, 6) is 0.825. The van der Waals surface area contributed by atoms with E-state index in [1.54, 1.807) is 0 Å². The van der Waals surface area contributed by atoms with E-state index in [1.807, 2.05) is 0 Å². The van der Waals surface area contributed by atoms with Crippen molar-refractivity contribution in [3.05, 3.63) is 0 Å². The van der Waals surface area contributed by atoms with Gasteiger partial charge in [0.05, 0.1) is 0 Å². The van der Waals surface area contributed by atoms with Crippen LogP contribution in [0, 0.1) is 11.8 Å². The standard InChI is InChI=1S/C19H34N4O2/c24-18(21-11-14-23-12-9-20-10-13-23)16-5-7-17(8-6-16)22-19(25)15-3-1-2-4-15/h15-17,20H,1-14H2,(H,21,24)(H,22,25). The lowest BCUT2D eigenvalue weighted by molar-refractivity contribution is -0.126. The molecule has 3 fully saturated rings. The number of rotatable bonds is 6. The van der Waals surface area contributed by atoms with Gasteiger partial charge >= 0.3 is 0 Å². The molecule has 0 radical (unpaired) electrons. The second-order valence-electron chi connectivity index (χ2n) is 7.92. The van der Waals surface area contributed by atoms with Crippen LogP contribution in [0.25, 0.3) is 0 Å². The number of carbonyl (C=O) groups excluding carboxylic acids is 2. The molecule has 0 atom stereocenters. The Morgan fingerprint density at radius 3 is 2.20 bits per heavy atom. The van der Waals surface area contributed by atoms with Crippen molar-refractivity contribution in [1.29, 1.82) is 0 Å². The number of carbonyl (C=O) groups is 2. The number of hydrogen-bond donors (Lipinski definition) is 3. The van der Waals surface area contributed by atoms with E-state index in [0.717, 1.165) is 77.8 Å². The normalized spacial score (nSPS) is 28.6. The summed E-state index contributed by atoms with van der Waals surface area (Å²) in [4.78, 5) is 27.0. The molecular weight excluding hydrogens is 316 g/mol. The van der Waals surface area contributed by atoms with Gasteiger partial charge in [0.15, 0.2) is 0 Å². The summed E-state index contributed by atoms with van der Waals surface area (Å²) in [5.41, 5.74) is 0. The number of amides is 2. The summed E-state index contributed by atoms with van der Waals surface area (Å²) in [5, 5.41) is 9.68. The molecule has 0 aromatic heterocycles. The first-order valence-corrected chi connectivity index (χ1v) is 10.2. The van der Waals surface area contributed by atoms with Crippen LogP contribution in [0.2, 0.25) is 0 Å². The van der Waals surface area contributed by atoms with E-state index in [2.05, 4.69) is 20.9 Å². The molecule has 0 bridgehead atoms. The topological polar surface area (TPSA) is 73.5 Å². The molecule has 1 heterocycles. The second-order valence-corrected chi connectivity index (χ2v) is 7.92. The van der Waals surface area contributed by atoms with E-state index in [9.17, 15) is 9.59 Å². The van der Waals surface area contributed by atoms with E-state index in [0.29, 0.717) is 0 Å². The maximum absolute atomic E-state index is 12.3. The van der Waals surface area contributed by atoms with Gasteiger partial charge in [0.25, 0.3) is 0 Å². The molecule has 0 aromatic carbocycles. The van der Waals surface area contributed by atoms with E-state index >= 15 is 0 Å². The van der Waals surface area contributed by atoms with Gasteiger partial charge in [-0.25, -0.2) is 0 Å². The smallest absolute Gasteiger partial charge is 0.223 e. The van der Waals surface area contributed by atoms with Gasteiger partial charge in [-0.05, 0) is 38.5 Å². The van der Waals surface area contributed by atoms with Gasteiger partial charge in [-0.2, -0.15) is 0 Å².